The average molecular weight is 352 g/mol. The SMILES string of the molecule is CCOc1ccc(/C=N/n2c(C)nnc2SCc2ccccc2)cc1. The maximum Gasteiger partial charge on any atom is 0.212 e. The van der Waals surface area contributed by atoms with Gasteiger partial charge < -0.3 is 4.74 Å². The van der Waals surface area contributed by atoms with E-state index in [1.54, 1.807) is 22.7 Å². The Hall–Kier alpha value is -2.60. The molecule has 0 spiro atoms. The Labute approximate surface area is 151 Å². The molecule has 1 aromatic heterocycles. The van der Waals surface area contributed by atoms with Gasteiger partial charge in [-0.3, -0.25) is 0 Å². The van der Waals surface area contributed by atoms with Crippen LogP contribution in [0.3, 0.4) is 0 Å². The summed E-state index contributed by atoms with van der Waals surface area (Å²) < 4.78 is 7.22. The van der Waals surface area contributed by atoms with Gasteiger partial charge in [-0.25, -0.2) is 0 Å². The van der Waals surface area contributed by atoms with Crippen molar-refractivity contribution in [3.63, 3.8) is 0 Å². The Morgan fingerprint density at radius 3 is 2.56 bits per heavy atom. The molecule has 3 aromatic rings. The molecular weight excluding hydrogens is 332 g/mol. The van der Waals surface area contributed by atoms with Crippen LogP contribution in [0.15, 0.2) is 64.9 Å². The zero-order valence-corrected chi connectivity index (χ0v) is 15.1. The lowest BCUT2D eigenvalue weighted by Crippen LogP contribution is -1.97. The van der Waals surface area contributed by atoms with E-state index in [0.717, 1.165) is 28.0 Å². The van der Waals surface area contributed by atoms with E-state index in [4.69, 9.17) is 4.74 Å². The summed E-state index contributed by atoms with van der Waals surface area (Å²) in [7, 11) is 0. The molecule has 6 heteroatoms. The minimum Gasteiger partial charge on any atom is -0.494 e. The quantitative estimate of drug-likeness (QED) is 0.473. The molecule has 0 aliphatic carbocycles. The second kappa shape index (κ2) is 8.48. The van der Waals surface area contributed by atoms with Crippen LogP contribution in [-0.2, 0) is 5.75 Å². The fourth-order valence-corrected chi connectivity index (χ4v) is 3.11. The van der Waals surface area contributed by atoms with Crippen molar-refractivity contribution >= 4 is 18.0 Å². The highest BCUT2D eigenvalue weighted by Gasteiger charge is 2.08. The van der Waals surface area contributed by atoms with Crippen molar-refractivity contribution in [3.05, 3.63) is 71.5 Å². The maximum atomic E-state index is 5.45. The van der Waals surface area contributed by atoms with Gasteiger partial charge in [0.2, 0.25) is 5.16 Å². The van der Waals surface area contributed by atoms with Crippen LogP contribution in [0.2, 0.25) is 0 Å². The lowest BCUT2D eigenvalue weighted by atomic mass is 10.2. The van der Waals surface area contributed by atoms with Gasteiger partial charge in [0.05, 0.1) is 12.8 Å². The van der Waals surface area contributed by atoms with Gasteiger partial charge in [-0.15, -0.1) is 10.2 Å². The van der Waals surface area contributed by atoms with E-state index in [-0.39, 0.29) is 0 Å². The summed E-state index contributed by atoms with van der Waals surface area (Å²) >= 11 is 1.62. The molecule has 3 rings (SSSR count). The summed E-state index contributed by atoms with van der Waals surface area (Å²) in [4.78, 5) is 0. The standard InChI is InChI=1S/C19H20N4OS/c1-3-24-18-11-9-16(10-12-18)13-20-23-15(2)21-22-19(23)25-14-17-7-5-4-6-8-17/h4-13H,3,14H2,1-2H3/b20-13+. The van der Waals surface area contributed by atoms with E-state index in [1.807, 2.05) is 56.3 Å². The van der Waals surface area contributed by atoms with Crippen LogP contribution in [0.1, 0.15) is 23.9 Å². The van der Waals surface area contributed by atoms with Gasteiger partial charge in [0, 0.05) is 5.75 Å². The zero-order chi connectivity index (χ0) is 17.5. The van der Waals surface area contributed by atoms with Crippen molar-refractivity contribution < 1.29 is 4.74 Å². The highest BCUT2D eigenvalue weighted by Crippen LogP contribution is 2.21. The lowest BCUT2D eigenvalue weighted by molar-refractivity contribution is 0.340. The second-order valence-corrected chi connectivity index (χ2v) is 6.30. The number of ether oxygens (including phenoxy) is 1. The minimum absolute atomic E-state index is 0.662. The molecular formula is C19H20N4OS. The first kappa shape index (κ1) is 17.2. The molecule has 0 bridgehead atoms. The number of hydrogen-bond donors (Lipinski definition) is 0. The van der Waals surface area contributed by atoms with E-state index in [0.29, 0.717) is 6.61 Å². The molecule has 2 aromatic carbocycles. The molecule has 0 amide bonds. The number of hydrogen-bond acceptors (Lipinski definition) is 5. The first-order valence-corrected chi connectivity index (χ1v) is 9.11. The summed E-state index contributed by atoms with van der Waals surface area (Å²) in [6.07, 6.45) is 1.80. The molecule has 1 heterocycles. The summed E-state index contributed by atoms with van der Waals surface area (Å²) in [6, 6.07) is 18.1. The van der Waals surface area contributed by atoms with Gasteiger partial charge in [0.15, 0.2) is 5.82 Å². The van der Waals surface area contributed by atoms with Crippen molar-refractivity contribution in [2.45, 2.75) is 24.8 Å². The van der Waals surface area contributed by atoms with Gasteiger partial charge in [-0.2, -0.15) is 9.78 Å². The highest BCUT2D eigenvalue weighted by molar-refractivity contribution is 7.98. The Bertz CT molecular complexity index is 828. The lowest BCUT2D eigenvalue weighted by Gasteiger charge is -2.04. The normalized spacial score (nSPS) is 11.1. The molecule has 0 unspecified atom stereocenters. The van der Waals surface area contributed by atoms with Crippen molar-refractivity contribution in [3.8, 4) is 5.75 Å². The molecule has 0 fully saturated rings. The molecule has 128 valence electrons. The first-order valence-electron chi connectivity index (χ1n) is 8.12. The summed E-state index contributed by atoms with van der Waals surface area (Å²) in [5.74, 6) is 2.45. The number of aryl methyl sites for hydroxylation is 1. The third kappa shape index (κ3) is 4.70. The van der Waals surface area contributed by atoms with E-state index < -0.39 is 0 Å². The van der Waals surface area contributed by atoms with Crippen LogP contribution >= 0.6 is 11.8 Å². The van der Waals surface area contributed by atoms with Gasteiger partial charge in [0.1, 0.15) is 5.75 Å². The van der Waals surface area contributed by atoms with Crippen LogP contribution in [0.5, 0.6) is 5.75 Å². The van der Waals surface area contributed by atoms with Crippen molar-refractivity contribution in [2.24, 2.45) is 5.10 Å². The predicted octanol–water partition coefficient (Wildman–Crippen LogP) is 4.16. The summed E-state index contributed by atoms with van der Waals surface area (Å²) in [6.45, 7) is 4.53. The molecule has 25 heavy (non-hydrogen) atoms. The fraction of sp³-hybridized carbons (Fsp3) is 0.211. The minimum atomic E-state index is 0.662. The van der Waals surface area contributed by atoms with Crippen molar-refractivity contribution in [1.82, 2.24) is 14.9 Å². The Morgan fingerprint density at radius 2 is 1.84 bits per heavy atom. The third-order valence-electron chi connectivity index (χ3n) is 3.49. The molecule has 0 aliphatic rings. The van der Waals surface area contributed by atoms with Gasteiger partial charge in [0.25, 0.3) is 0 Å². The van der Waals surface area contributed by atoms with Crippen molar-refractivity contribution in [1.29, 1.82) is 0 Å². The van der Waals surface area contributed by atoms with E-state index >= 15 is 0 Å². The number of benzene rings is 2. The fourth-order valence-electron chi connectivity index (χ4n) is 2.22. The summed E-state index contributed by atoms with van der Waals surface area (Å²) in [5.41, 5.74) is 2.24. The molecule has 0 aliphatic heterocycles. The van der Waals surface area contributed by atoms with E-state index in [1.165, 1.54) is 5.56 Å². The first-order chi connectivity index (χ1) is 12.3. The van der Waals surface area contributed by atoms with Crippen LogP contribution < -0.4 is 4.74 Å². The largest absolute Gasteiger partial charge is 0.494 e. The van der Waals surface area contributed by atoms with E-state index in [2.05, 4.69) is 27.4 Å². The molecule has 5 nitrogen and oxygen atoms in total. The topological polar surface area (TPSA) is 52.3 Å². The second-order valence-electron chi connectivity index (χ2n) is 5.36. The summed E-state index contributed by atoms with van der Waals surface area (Å²) in [5, 5.41) is 13.7. The Balaban J connectivity index is 1.70. The average Bonchev–Trinajstić information content (AvgIpc) is 3.00. The number of aromatic nitrogens is 3. The Kier molecular flexibility index (Phi) is 5.85. The van der Waals surface area contributed by atoms with Crippen LogP contribution in [0.25, 0.3) is 0 Å². The monoisotopic (exact) mass is 352 g/mol. The van der Waals surface area contributed by atoms with Crippen LogP contribution in [0, 0.1) is 6.92 Å². The van der Waals surface area contributed by atoms with Crippen LogP contribution in [0.4, 0.5) is 0 Å². The Morgan fingerprint density at radius 1 is 1.08 bits per heavy atom. The predicted molar refractivity (Wildman–Crippen MR) is 101 cm³/mol. The smallest absolute Gasteiger partial charge is 0.212 e. The molecule has 0 saturated heterocycles. The molecule has 0 radical (unpaired) electrons. The molecule has 0 saturated carbocycles. The van der Waals surface area contributed by atoms with Crippen LogP contribution in [-0.4, -0.2) is 27.7 Å². The molecule has 0 N–H and O–H groups in total. The van der Waals surface area contributed by atoms with Gasteiger partial charge >= 0.3 is 0 Å². The zero-order valence-electron chi connectivity index (χ0n) is 14.3. The van der Waals surface area contributed by atoms with Gasteiger partial charge in [-0.05, 0) is 49.2 Å². The van der Waals surface area contributed by atoms with Gasteiger partial charge in [-0.1, -0.05) is 42.1 Å². The molecule has 0 atom stereocenters. The number of rotatable bonds is 7. The number of nitrogens with zero attached hydrogens (tertiary/aromatic N) is 4. The number of thioether (sulfide) groups is 1. The van der Waals surface area contributed by atoms with E-state index in [9.17, 15) is 0 Å². The third-order valence-corrected chi connectivity index (χ3v) is 4.48. The van der Waals surface area contributed by atoms with Crippen molar-refractivity contribution in [2.75, 3.05) is 6.61 Å². The highest BCUT2D eigenvalue weighted by atomic mass is 32.2. The maximum absolute atomic E-state index is 5.45.